The molecule has 5 amide bonds. The van der Waals surface area contributed by atoms with E-state index in [1.54, 1.807) is 0 Å². The smallest absolute Gasteiger partial charge is 0.333 e. The molecule has 0 bridgehead atoms. The van der Waals surface area contributed by atoms with E-state index >= 15 is 0 Å². The first-order valence-corrected chi connectivity index (χ1v) is 13.0. The Kier molecular flexibility index (Phi) is 8.27. The summed E-state index contributed by atoms with van der Waals surface area (Å²) in [6.45, 7) is 0.454. The molecule has 0 unspecified atom stereocenters. The molecular formula is C20H30N4O8S. The number of unbranched alkanes of at least 4 members (excludes halogenated alkanes) is 3. The van der Waals surface area contributed by atoms with E-state index in [1.807, 2.05) is 0 Å². The summed E-state index contributed by atoms with van der Waals surface area (Å²) in [6, 6.07) is -1.11. The number of nitrogens with one attached hydrogen (secondary N) is 3. The van der Waals surface area contributed by atoms with Crippen molar-refractivity contribution in [1.82, 2.24) is 21.0 Å². The molecule has 0 aromatic rings. The number of hydroxylamine groups is 2. The monoisotopic (exact) mass is 486 g/mol. The van der Waals surface area contributed by atoms with Crippen molar-refractivity contribution in [3.05, 3.63) is 0 Å². The van der Waals surface area contributed by atoms with E-state index in [0.717, 1.165) is 0 Å². The van der Waals surface area contributed by atoms with Gasteiger partial charge in [0.25, 0.3) is 11.8 Å². The van der Waals surface area contributed by atoms with Crippen LogP contribution in [0.5, 0.6) is 0 Å². The summed E-state index contributed by atoms with van der Waals surface area (Å²) in [5.41, 5.74) is 0. The van der Waals surface area contributed by atoms with E-state index in [2.05, 4.69) is 16.0 Å². The highest BCUT2D eigenvalue weighted by Gasteiger charge is 2.51. The molecule has 3 atom stereocenters. The lowest BCUT2D eigenvalue weighted by Crippen LogP contribution is -2.39. The van der Waals surface area contributed by atoms with Gasteiger partial charge < -0.3 is 20.8 Å². The molecular weight excluding hydrogens is 456 g/mol. The van der Waals surface area contributed by atoms with Crippen LogP contribution in [0.3, 0.4) is 0 Å². The van der Waals surface area contributed by atoms with Crippen LogP contribution in [0.2, 0.25) is 0 Å². The van der Waals surface area contributed by atoms with E-state index < -0.39 is 38.9 Å². The highest BCUT2D eigenvalue weighted by Crippen LogP contribution is 2.28. The SMILES string of the molecule is O=C(CCCC[C@H]1[C@H]2NC(=O)N[C@H]2CS1(=O)=O)NCCCCCC(=O)ON1C(=O)CCC1=O. The molecule has 0 spiro atoms. The standard InChI is InChI=1S/C20H30N4O8S/c25-15(7-4-3-6-14-19-13(12-33(14,30)31)22-20(29)23-19)21-11-5-1-2-8-18(28)32-24-16(26)9-10-17(24)27/h13-14,19H,1-12H2,(H,21,25)(H2,22,23,29)/t13-,14-,19-/m0/s1. The minimum Gasteiger partial charge on any atom is -0.356 e. The van der Waals surface area contributed by atoms with Crippen LogP contribution in [0, 0.1) is 0 Å². The third-order valence-electron chi connectivity index (χ3n) is 6.04. The van der Waals surface area contributed by atoms with Crippen molar-refractivity contribution in [3.8, 4) is 0 Å². The maximum absolute atomic E-state index is 12.3. The number of hydrogen-bond acceptors (Lipinski definition) is 8. The highest BCUT2D eigenvalue weighted by molar-refractivity contribution is 7.92. The molecule has 13 heteroatoms. The lowest BCUT2D eigenvalue weighted by molar-refractivity contribution is -0.197. The third-order valence-corrected chi connectivity index (χ3v) is 8.32. The van der Waals surface area contributed by atoms with Crippen molar-refractivity contribution in [1.29, 1.82) is 0 Å². The Balaban J connectivity index is 1.20. The summed E-state index contributed by atoms with van der Waals surface area (Å²) in [5.74, 6) is -1.82. The Labute approximate surface area is 192 Å². The first kappa shape index (κ1) is 24.9. The van der Waals surface area contributed by atoms with Gasteiger partial charge in [-0.1, -0.05) is 12.8 Å². The number of urea groups is 1. The largest absolute Gasteiger partial charge is 0.356 e. The lowest BCUT2D eigenvalue weighted by Gasteiger charge is -2.16. The summed E-state index contributed by atoms with van der Waals surface area (Å²) in [6.07, 6.45) is 3.84. The van der Waals surface area contributed by atoms with Gasteiger partial charge in [0.05, 0.1) is 23.1 Å². The molecule has 3 aliphatic rings. The van der Waals surface area contributed by atoms with Crippen molar-refractivity contribution in [2.24, 2.45) is 0 Å². The van der Waals surface area contributed by atoms with Crippen LogP contribution in [0.15, 0.2) is 0 Å². The molecule has 3 rings (SSSR count). The minimum absolute atomic E-state index is 0.0478. The van der Waals surface area contributed by atoms with E-state index in [4.69, 9.17) is 4.84 Å². The predicted octanol–water partition coefficient (Wildman–Crippen LogP) is -0.322. The van der Waals surface area contributed by atoms with Crippen molar-refractivity contribution in [2.45, 2.75) is 81.5 Å². The second-order valence-corrected chi connectivity index (χ2v) is 10.8. The van der Waals surface area contributed by atoms with Gasteiger partial charge in [0.15, 0.2) is 9.84 Å². The first-order valence-electron chi connectivity index (χ1n) is 11.3. The van der Waals surface area contributed by atoms with Gasteiger partial charge in [0.2, 0.25) is 5.91 Å². The Morgan fingerprint density at radius 3 is 2.39 bits per heavy atom. The van der Waals surface area contributed by atoms with Gasteiger partial charge in [-0.25, -0.2) is 18.0 Å². The molecule has 12 nitrogen and oxygen atoms in total. The lowest BCUT2D eigenvalue weighted by atomic mass is 10.0. The Bertz CT molecular complexity index is 890. The second-order valence-electron chi connectivity index (χ2n) is 8.57. The molecule has 0 aromatic carbocycles. The van der Waals surface area contributed by atoms with E-state index in [9.17, 15) is 32.4 Å². The molecule has 0 aromatic heterocycles. The van der Waals surface area contributed by atoms with Crippen molar-refractivity contribution in [2.75, 3.05) is 12.3 Å². The number of rotatable bonds is 12. The average Bonchev–Trinajstić information content (AvgIpc) is 3.32. The number of carbonyl (C=O) groups is 5. The normalized spacial score (nSPS) is 25.5. The Morgan fingerprint density at radius 1 is 0.970 bits per heavy atom. The molecule has 3 saturated heterocycles. The maximum Gasteiger partial charge on any atom is 0.333 e. The van der Waals surface area contributed by atoms with Crippen LogP contribution in [-0.4, -0.2) is 72.8 Å². The van der Waals surface area contributed by atoms with E-state index in [-0.39, 0.29) is 49.4 Å². The van der Waals surface area contributed by atoms with Crippen LogP contribution in [0.4, 0.5) is 4.79 Å². The average molecular weight is 487 g/mol. The van der Waals surface area contributed by atoms with Crippen LogP contribution >= 0.6 is 0 Å². The topological polar surface area (TPSA) is 168 Å². The quantitative estimate of drug-likeness (QED) is 0.191. The van der Waals surface area contributed by atoms with Gasteiger partial charge in [-0.05, 0) is 25.7 Å². The van der Waals surface area contributed by atoms with Gasteiger partial charge >= 0.3 is 12.0 Å². The van der Waals surface area contributed by atoms with Crippen LogP contribution in [0.1, 0.15) is 64.2 Å². The van der Waals surface area contributed by atoms with Crippen LogP contribution in [0.25, 0.3) is 0 Å². The molecule has 3 aliphatic heterocycles. The van der Waals surface area contributed by atoms with Crippen molar-refractivity contribution < 1.29 is 37.2 Å². The minimum atomic E-state index is -3.26. The Hall–Kier alpha value is -2.70. The van der Waals surface area contributed by atoms with E-state index in [0.29, 0.717) is 50.1 Å². The van der Waals surface area contributed by atoms with Crippen molar-refractivity contribution >= 4 is 39.6 Å². The Morgan fingerprint density at radius 2 is 1.67 bits per heavy atom. The van der Waals surface area contributed by atoms with Gasteiger partial charge in [0.1, 0.15) is 0 Å². The van der Waals surface area contributed by atoms with Crippen LogP contribution < -0.4 is 16.0 Å². The highest BCUT2D eigenvalue weighted by atomic mass is 32.2. The van der Waals surface area contributed by atoms with E-state index in [1.165, 1.54) is 0 Å². The zero-order valence-electron chi connectivity index (χ0n) is 18.3. The second kappa shape index (κ2) is 10.9. The van der Waals surface area contributed by atoms with Crippen molar-refractivity contribution in [3.63, 3.8) is 0 Å². The van der Waals surface area contributed by atoms with Gasteiger partial charge in [-0.3, -0.25) is 14.4 Å². The molecule has 3 N–H and O–H groups in total. The summed E-state index contributed by atoms with van der Waals surface area (Å²) in [5, 5.41) is 8.01. The van der Waals surface area contributed by atoms with Gasteiger partial charge in [-0.2, -0.15) is 0 Å². The number of hydrogen-bond donors (Lipinski definition) is 3. The number of amides is 5. The first-order chi connectivity index (χ1) is 15.7. The molecule has 0 radical (unpaired) electrons. The van der Waals surface area contributed by atoms with Gasteiger partial charge in [0, 0.05) is 32.2 Å². The zero-order chi connectivity index (χ0) is 24.0. The number of imide groups is 1. The molecule has 184 valence electrons. The third kappa shape index (κ3) is 6.65. The van der Waals surface area contributed by atoms with Crippen LogP contribution in [-0.2, 0) is 33.9 Å². The maximum atomic E-state index is 12.3. The number of sulfone groups is 1. The molecule has 0 saturated carbocycles. The molecule has 3 heterocycles. The summed E-state index contributed by atoms with van der Waals surface area (Å²) in [4.78, 5) is 62.6. The number of nitrogens with zero attached hydrogens (tertiary/aromatic N) is 1. The zero-order valence-corrected chi connectivity index (χ0v) is 19.2. The fourth-order valence-electron chi connectivity index (χ4n) is 4.33. The fourth-order valence-corrected chi connectivity index (χ4v) is 6.60. The number of fused-ring (bicyclic) bond motifs is 1. The summed E-state index contributed by atoms with van der Waals surface area (Å²) in [7, 11) is -3.26. The predicted molar refractivity (Wildman–Crippen MR) is 114 cm³/mol. The molecule has 0 aliphatic carbocycles. The molecule has 3 fully saturated rings. The summed E-state index contributed by atoms with van der Waals surface area (Å²) < 4.78 is 24.5. The number of carbonyl (C=O) groups excluding carboxylic acids is 5. The van der Waals surface area contributed by atoms with Gasteiger partial charge in [-0.15, -0.1) is 5.06 Å². The fraction of sp³-hybridized carbons (Fsp3) is 0.750. The molecule has 33 heavy (non-hydrogen) atoms. The summed E-state index contributed by atoms with van der Waals surface area (Å²) >= 11 is 0.